The minimum atomic E-state index is -0.784. The molecule has 0 atom stereocenters. The summed E-state index contributed by atoms with van der Waals surface area (Å²) < 4.78 is 0. The summed E-state index contributed by atoms with van der Waals surface area (Å²) in [4.78, 5) is 38.8. The lowest BCUT2D eigenvalue weighted by Gasteiger charge is -2.33. The summed E-state index contributed by atoms with van der Waals surface area (Å²) in [5, 5.41) is 16.2. The lowest BCUT2D eigenvalue weighted by molar-refractivity contribution is -0.137. The van der Waals surface area contributed by atoms with Gasteiger partial charge in [-0.3, -0.25) is 24.8 Å². The van der Waals surface area contributed by atoms with Crippen molar-refractivity contribution in [1.29, 1.82) is 5.41 Å². The van der Waals surface area contributed by atoms with Crippen LogP contribution in [0.1, 0.15) is 44.1 Å². The van der Waals surface area contributed by atoms with Crippen molar-refractivity contribution in [3.8, 4) is 0 Å². The molecule has 1 aromatic carbocycles. The zero-order valence-electron chi connectivity index (χ0n) is 15.1. The van der Waals surface area contributed by atoms with Crippen LogP contribution in [0.4, 0.5) is 10.5 Å². The number of nitrogens with zero attached hydrogens (tertiary/aromatic N) is 2. The molecule has 1 saturated carbocycles. The van der Waals surface area contributed by atoms with Gasteiger partial charge < -0.3 is 10.8 Å². The third-order valence-corrected chi connectivity index (χ3v) is 5.44. The SMILES string of the molecule is N=C(N)c1ccc(N2CC(=O)N(C3CCC(CCC(=O)O)CC3)C2=O)cc1. The number of carboxylic acids is 1. The number of carbonyl (C=O) groups is 3. The minimum absolute atomic E-state index is 0.0111. The number of anilines is 1. The number of hydrogen-bond donors (Lipinski definition) is 3. The molecule has 2 aliphatic rings. The number of benzene rings is 1. The third-order valence-electron chi connectivity index (χ3n) is 5.44. The second kappa shape index (κ2) is 7.77. The largest absolute Gasteiger partial charge is 0.481 e. The van der Waals surface area contributed by atoms with E-state index in [9.17, 15) is 14.4 Å². The van der Waals surface area contributed by atoms with Gasteiger partial charge >= 0.3 is 12.0 Å². The van der Waals surface area contributed by atoms with E-state index in [1.165, 1.54) is 9.80 Å². The number of hydrogen-bond acceptors (Lipinski definition) is 4. The fourth-order valence-electron chi connectivity index (χ4n) is 3.92. The van der Waals surface area contributed by atoms with Crippen LogP contribution in [0.15, 0.2) is 24.3 Å². The molecule has 8 heteroatoms. The molecule has 1 aromatic rings. The van der Waals surface area contributed by atoms with Crippen LogP contribution >= 0.6 is 0 Å². The van der Waals surface area contributed by atoms with Gasteiger partial charge in [-0.25, -0.2) is 4.79 Å². The Hall–Kier alpha value is -2.90. The zero-order chi connectivity index (χ0) is 19.6. The molecule has 0 radical (unpaired) electrons. The molecule has 3 rings (SSSR count). The van der Waals surface area contributed by atoms with Crippen LogP contribution in [0.25, 0.3) is 0 Å². The van der Waals surface area contributed by atoms with Crippen molar-refractivity contribution in [2.24, 2.45) is 11.7 Å². The maximum absolute atomic E-state index is 12.8. The molecule has 3 amide bonds. The Balaban J connectivity index is 1.63. The van der Waals surface area contributed by atoms with E-state index >= 15 is 0 Å². The summed E-state index contributed by atoms with van der Waals surface area (Å²) in [6.07, 6.45) is 3.93. The molecule has 8 nitrogen and oxygen atoms in total. The minimum Gasteiger partial charge on any atom is -0.481 e. The summed E-state index contributed by atoms with van der Waals surface area (Å²) in [7, 11) is 0. The molecule has 2 fully saturated rings. The van der Waals surface area contributed by atoms with Crippen molar-refractivity contribution in [2.75, 3.05) is 11.4 Å². The predicted octanol–water partition coefficient (Wildman–Crippen LogP) is 2.16. The second-order valence-corrected chi connectivity index (χ2v) is 7.20. The number of nitrogens with two attached hydrogens (primary N) is 1. The molecule has 1 saturated heterocycles. The molecule has 1 heterocycles. The molecule has 4 N–H and O–H groups in total. The third kappa shape index (κ3) is 4.10. The van der Waals surface area contributed by atoms with Crippen molar-refractivity contribution >= 4 is 29.4 Å². The zero-order valence-corrected chi connectivity index (χ0v) is 15.1. The average molecular weight is 372 g/mol. The van der Waals surface area contributed by atoms with E-state index in [0.717, 1.165) is 25.7 Å². The van der Waals surface area contributed by atoms with Gasteiger partial charge in [0.1, 0.15) is 12.4 Å². The van der Waals surface area contributed by atoms with Crippen molar-refractivity contribution < 1.29 is 19.5 Å². The molecular weight excluding hydrogens is 348 g/mol. The highest BCUT2D eigenvalue weighted by atomic mass is 16.4. The predicted molar refractivity (Wildman–Crippen MR) is 99.7 cm³/mol. The first-order valence-corrected chi connectivity index (χ1v) is 9.16. The number of amides is 3. The smallest absolute Gasteiger partial charge is 0.331 e. The van der Waals surface area contributed by atoms with Gasteiger partial charge in [-0.2, -0.15) is 0 Å². The highest BCUT2D eigenvalue weighted by Gasteiger charge is 2.42. The van der Waals surface area contributed by atoms with E-state index < -0.39 is 5.97 Å². The van der Waals surface area contributed by atoms with Gasteiger partial charge in [-0.15, -0.1) is 0 Å². The van der Waals surface area contributed by atoms with Crippen molar-refractivity contribution in [1.82, 2.24) is 4.90 Å². The van der Waals surface area contributed by atoms with Gasteiger partial charge in [0.15, 0.2) is 0 Å². The summed E-state index contributed by atoms with van der Waals surface area (Å²) in [6.45, 7) is 0.0111. The van der Waals surface area contributed by atoms with Crippen molar-refractivity contribution in [3.05, 3.63) is 29.8 Å². The van der Waals surface area contributed by atoms with E-state index in [1.807, 2.05) is 0 Å². The Morgan fingerprint density at radius 1 is 1.15 bits per heavy atom. The number of aliphatic carboxylic acids is 1. The number of carbonyl (C=O) groups excluding carboxylic acids is 2. The normalized spacial score (nSPS) is 23.0. The maximum atomic E-state index is 12.8. The van der Waals surface area contributed by atoms with Crippen LogP contribution in [-0.2, 0) is 9.59 Å². The van der Waals surface area contributed by atoms with E-state index in [4.69, 9.17) is 16.2 Å². The summed E-state index contributed by atoms with van der Waals surface area (Å²) in [5.41, 5.74) is 6.61. The van der Waals surface area contributed by atoms with Crippen LogP contribution in [0.2, 0.25) is 0 Å². The molecule has 0 unspecified atom stereocenters. The Morgan fingerprint density at radius 3 is 2.33 bits per heavy atom. The molecule has 27 heavy (non-hydrogen) atoms. The highest BCUT2D eigenvalue weighted by Crippen LogP contribution is 2.33. The van der Waals surface area contributed by atoms with E-state index in [2.05, 4.69) is 0 Å². The summed E-state index contributed by atoms with van der Waals surface area (Å²) in [6, 6.07) is 6.26. The van der Waals surface area contributed by atoms with Crippen LogP contribution in [0, 0.1) is 11.3 Å². The number of imide groups is 1. The van der Waals surface area contributed by atoms with Gasteiger partial charge in [0, 0.05) is 23.7 Å². The molecule has 1 aliphatic heterocycles. The van der Waals surface area contributed by atoms with Gasteiger partial charge in [0.2, 0.25) is 0 Å². The number of urea groups is 1. The molecule has 1 aliphatic carbocycles. The monoisotopic (exact) mass is 372 g/mol. The quantitative estimate of drug-likeness (QED) is 0.400. The van der Waals surface area contributed by atoms with Crippen LogP contribution in [0.3, 0.4) is 0 Å². The molecule has 0 bridgehead atoms. The Morgan fingerprint density at radius 2 is 1.78 bits per heavy atom. The number of carboxylic acid groups (broad SMARTS) is 1. The van der Waals surface area contributed by atoms with E-state index in [0.29, 0.717) is 23.6 Å². The number of nitrogen functional groups attached to an aromatic ring is 1. The van der Waals surface area contributed by atoms with Gasteiger partial charge in [-0.05, 0) is 62.3 Å². The first-order chi connectivity index (χ1) is 12.9. The standard InChI is InChI=1S/C19H24N4O4/c20-18(21)13-4-8-14(9-5-13)22-11-16(24)23(19(22)27)15-6-1-12(2-7-15)3-10-17(25)26/h4-5,8-9,12,15H,1-3,6-7,10-11H2,(H3,20,21)(H,25,26). The van der Waals surface area contributed by atoms with E-state index in [1.54, 1.807) is 24.3 Å². The first-order valence-electron chi connectivity index (χ1n) is 9.16. The molecule has 0 spiro atoms. The highest BCUT2D eigenvalue weighted by molar-refractivity contribution is 6.12. The Bertz CT molecular complexity index is 753. The van der Waals surface area contributed by atoms with Crippen LogP contribution in [-0.4, -0.2) is 46.3 Å². The first kappa shape index (κ1) is 18.9. The van der Waals surface area contributed by atoms with Crippen LogP contribution < -0.4 is 10.6 Å². The average Bonchev–Trinajstić information content (AvgIpc) is 2.95. The lowest BCUT2D eigenvalue weighted by Crippen LogP contribution is -2.43. The fourth-order valence-corrected chi connectivity index (χ4v) is 3.92. The Kier molecular flexibility index (Phi) is 5.43. The number of rotatable bonds is 6. The number of amidine groups is 1. The Labute approximate surface area is 157 Å². The number of nitrogens with one attached hydrogen (secondary N) is 1. The molecular formula is C19H24N4O4. The van der Waals surface area contributed by atoms with Crippen molar-refractivity contribution in [2.45, 2.75) is 44.6 Å². The van der Waals surface area contributed by atoms with E-state index in [-0.39, 0.29) is 36.8 Å². The topological polar surface area (TPSA) is 128 Å². The van der Waals surface area contributed by atoms with Gasteiger partial charge in [0.25, 0.3) is 5.91 Å². The van der Waals surface area contributed by atoms with Crippen molar-refractivity contribution in [3.63, 3.8) is 0 Å². The lowest BCUT2D eigenvalue weighted by atomic mass is 9.83. The summed E-state index contributed by atoms with van der Waals surface area (Å²) >= 11 is 0. The molecule has 144 valence electrons. The van der Waals surface area contributed by atoms with Crippen LogP contribution in [0.5, 0.6) is 0 Å². The second-order valence-electron chi connectivity index (χ2n) is 7.20. The van der Waals surface area contributed by atoms with Gasteiger partial charge in [-0.1, -0.05) is 0 Å². The van der Waals surface area contributed by atoms with Gasteiger partial charge in [0.05, 0.1) is 0 Å². The summed E-state index contributed by atoms with van der Waals surface area (Å²) in [5.74, 6) is -0.690. The maximum Gasteiger partial charge on any atom is 0.331 e. The fraction of sp³-hybridized carbons (Fsp3) is 0.474. The molecule has 0 aromatic heterocycles.